The summed E-state index contributed by atoms with van der Waals surface area (Å²) in [6.45, 7) is 3.27. The summed E-state index contributed by atoms with van der Waals surface area (Å²) in [5.41, 5.74) is 2.65. The standard InChI is InChI=1S/C17H22N2O3/c1-12(20)18-15-10-17(14-5-3-2-4-13(14)15)6-8-19(9-7-17)11-16(21)22/h2-5,15H,6-11H2,1H3,(H,18,20)(H,21,22)/t15-/m0/s1. The first-order chi connectivity index (χ1) is 10.5. The Balaban J connectivity index is 1.81. The Hall–Kier alpha value is -1.88. The maximum atomic E-state index is 11.5. The van der Waals surface area contributed by atoms with Crippen molar-refractivity contribution in [2.45, 2.75) is 37.6 Å². The zero-order valence-electron chi connectivity index (χ0n) is 12.8. The molecule has 1 amide bonds. The number of amides is 1. The molecule has 1 aliphatic heterocycles. The normalized spacial score (nSPS) is 23.2. The van der Waals surface area contributed by atoms with Crippen LogP contribution in [0.25, 0.3) is 0 Å². The van der Waals surface area contributed by atoms with Crippen LogP contribution in [-0.2, 0) is 15.0 Å². The number of carbonyl (C=O) groups is 2. The number of likely N-dealkylation sites (tertiary alicyclic amines) is 1. The molecule has 5 heteroatoms. The highest BCUT2D eigenvalue weighted by Gasteiger charge is 2.45. The van der Waals surface area contributed by atoms with Gasteiger partial charge in [-0.1, -0.05) is 24.3 Å². The van der Waals surface area contributed by atoms with Crippen LogP contribution >= 0.6 is 0 Å². The van der Waals surface area contributed by atoms with E-state index in [1.165, 1.54) is 11.1 Å². The van der Waals surface area contributed by atoms with E-state index >= 15 is 0 Å². The fourth-order valence-electron chi connectivity index (χ4n) is 4.07. The summed E-state index contributed by atoms with van der Waals surface area (Å²) in [4.78, 5) is 24.3. The molecule has 1 spiro atoms. The first-order valence-corrected chi connectivity index (χ1v) is 7.81. The van der Waals surface area contributed by atoms with Crippen molar-refractivity contribution in [1.29, 1.82) is 0 Å². The van der Waals surface area contributed by atoms with Crippen molar-refractivity contribution in [3.63, 3.8) is 0 Å². The van der Waals surface area contributed by atoms with Gasteiger partial charge in [0.25, 0.3) is 0 Å². The van der Waals surface area contributed by atoms with Crippen molar-refractivity contribution < 1.29 is 14.7 Å². The van der Waals surface area contributed by atoms with Crippen LogP contribution in [0.3, 0.4) is 0 Å². The number of piperidine rings is 1. The lowest BCUT2D eigenvalue weighted by Crippen LogP contribution is -2.43. The average molecular weight is 302 g/mol. The first kappa shape index (κ1) is 15.0. The Morgan fingerprint density at radius 1 is 1.32 bits per heavy atom. The van der Waals surface area contributed by atoms with Crippen LogP contribution in [-0.4, -0.2) is 41.5 Å². The number of hydrogen-bond donors (Lipinski definition) is 2. The SMILES string of the molecule is CC(=O)N[C@H]1CC2(CCN(CC(=O)O)CC2)c2ccccc21. The summed E-state index contributed by atoms with van der Waals surface area (Å²) in [5.74, 6) is -0.765. The van der Waals surface area contributed by atoms with E-state index in [-0.39, 0.29) is 23.9 Å². The van der Waals surface area contributed by atoms with Crippen LogP contribution in [0.5, 0.6) is 0 Å². The number of carbonyl (C=O) groups excluding carboxylic acids is 1. The van der Waals surface area contributed by atoms with Crippen LogP contribution in [0.4, 0.5) is 0 Å². The van der Waals surface area contributed by atoms with Gasteiger partial charge in [0.2, 0.25) is 5.91 Å². The molecule has 22 heavy (non-hydrogen) atoms. The van der Waals surface area contributed by atoms with E-state index in [4.69, 9.17) is 5.11 Å². The van der Waals surface area contributed by atoms with Gasteiger partial charge in [-0.3, -0.25) is 14.5 Å². The zero-order chi connectivity index (χ0) is 15.7. The van der Waals surface area contributed by atoms with Gasteiger partial charge in [0.15, 0.2) is 0 Å². The summed E-state index contributed by atoms with van der Waals surface area (Å²) >= 11 is 0. The van der Waals surface area contributed by atoms with Gasteiger partial charge in [0.1, 0.15) is 0 Å². The summed E-state index contributed by atoms with van der Waals surface area (Å²) in [6.07, 6.45) is 2.83. The maximum absolute atomic E-state index is 11.5. The minimum atomic E-state index is -0.765. The first-order valence-electron chi connectivity index (χ1n) is 7.81. The second-order valence-corrected chi connectivity index (χ2v) is 6.49. The molecule has 5 nitrogen and oxygen atoms in total. The highest BCUT2D eigenvalue weighted by Crippen LogP contribution is 2.50. The second kappa shape index (κ2) is 5.72. The largest absolute Gasteiger partial charge is 0.480 e. The predicted octanol–water partition coefficient (Wildman–Crippen LogP) is 1.69. The van der Waals surface area contributed by atoms with Gasteiger partial charge < -0.3 is 10.4 Å². The van der Waals surface area contributed by atoms with Gasteiger partial charge in [0.05, 0.1) is 12.6 Å². The molecule has 1 aromatic carbocycles. The molecule has 1 aromatic rings. The van der Waals surface area contributed by atoms with Crippen molar-refractivity contribution >= 4 is 11.9 Å². The monoisotopic (exact) mass is 302 g/mol. The number of hydrogen-bond acceptors (Lipinski definition) is 3. The predicted molar refractivity (Wildman–Crippen MR) is 82.6 cm³/mol. The van der Waals surface area contributed by atoms with E-state index in [0.717, 1.165) is 32.4 Å². The Kier molecular flexibility index (Phi) is 3.91. The van der Waals surface area contributed by atoms with Crippen LogP contribution in [0.1, 0.15) is 43.4 Å². The lowest BCUT2D eigenvalue weighted by Gasteiger charge is -2.39. The molecule has 3 rings (SSSR count). The molecule has 0 saturated carbocycles. The lowest BCUT2D eigenvalue weighted by molar-refractivity contribution is -0.138. The Morgan fingerprint density at radius 3 is 2.64 bits per heavy atom. The second-order valence-electron chi connectivity index (χ2n) is 6.49. The minimum Gasteiger partial charge on any atom is -0.480 e. The smallest absolute Gasteiger partial charge is 0.317 e. The van der Waals surface area contributed by atoms with E-state index in [2.05, 4.69) is 23.5 Å². The maximum Gasteiger partial charge on any atom is 0.317 e. The molecule has 0 unspecified atom stereocenters. The molecule has 118 valence electrons. The van der Waals surface area contributed by atoms with Gasteiger partial charge in [-0.2, -0.15) is 0 Å². The van der Waals surface area contributed by atoms with E-state index < -0.39 is 5.97 Å². The highest BCUT2D eigenvalue weighted by molar-refractivity contribution is 5.74. The number of rotatable bonds is 3. The Morgan fingerprint density at radius 2 is 2.00 bits per heavy atom. The molecule has 2 N–H and O–H groups in total. The van der Waals surface area contributed by atoms with Crippen molar-refractivity contribution in [2.75, 3.05) is 19.6 Å². The van der Waals surface area contributed by atoms with Crippen LogP contribution in [0, 0.1) is 0 Å². The van der Waals surface area contributed by atoms with Gasteiger partial charge >= 0.3 is 5.97 Å². The van der Waals surface area contributed by atoms with Crippen molar-refractivity contribution in [3.05, 3.63) is 35.4 Å². The topological polar surface area (TPSA) is 69.6 Å². The van der Waals surface area contributed by atoms with E-state index in [1.807, 2.05) is 11.0 Å². The van der Waals surface area contributed by atoms with E-state index in [1.54, 1.807) is 6.92 Å². The number of nitrogens with zero attached hydrogens (tertiary/aromatic N) is 1. The molecule has 2 aliphatic rings. The summed E-state index contributed by atoms with van der Waals surface area (Å²) in [6, 6.07) is 8.44. The quantitative estimate of drug-likeness (QED) is 0.891. The molecule has 1 saturated heterocycles. The number of benzene rings is 1. The number of carboxylic acid groups (broad SMARTS) is 1. The van der Waals surface area contributed by atoms with Crippen molar-refractivity contribution in [2.24, 2.45) is 0 Å². The average Bonchev–Trinajstić information content (AvgIpc) is 2.75. The molecule has 0 radical (unpaired) electrons. The van der Waals surface area contributed by atoms with Gasteiger partial charge in [0, 0.05) is 12.3 Å². The summed E-state index contributed by atoms with van der Waals surface area (Å²) in [5, 5.41) is 12.0. The number of nitrogens with one attached hydrogen (secondary N) is 1. The van der Waals surface area contributed by atoms with E-state index in [9.17, 15) is 9.59 Å². The molecular weight excluding hydrogens is 280 g/mol. The Labute approximate surface area is 130 Å². The number of aliphatic carboxylic acids is 1. The molecule has 1 aliphatic carbocycles. The minimum absolute atomic E-state index is 0.000154. The highest BCUT2D eigenvalue weighted by atomic mass is 16.4. The van der Waals surface area contributed by atoms with Crippen LogP contribution < -0.4 is 5.32 Å². The third kappa shape index (κ3) is 2.73. The van der Waals surface area contributed by atoms with Gasteiger partial charge in [-0.25, -0.2) is 0 Å². The van der Waals surface area contributed by atoms with E-state index in [0.29, 0.717) is 0 Å². The fraction of sp³-hybridized carbons (Fsp3) is 0.529. The van der Waals surface area contributed by atoms with Gasteiger partial charge in [-0.15, -0.1) is 0 Å². The number of fused-ring (bicyclic) bond motifs is 2. The lowest BCUT2D eigenvalue weighted by atomic mass is 9.73. The molecular formula is C17H22N2O3. The summed E-state index contributed by atoms with van der Waals surface area (Å²) < 4.78 is 0. The number of carboxylic acids is 1. The summed E-state index contributed by atoms with van der Waals surface area (Å²) in [7, 11) is 0. The molecule has 0 aromatic heterocycles. The fourth-order valence-corrected chi connectivity index (χ4v) is 4.07. The van der Waals surface area contributed by atoms with Crippen molar-refractivity contribution in [3.8, 4) is 0 Å². The Bertz CT molecular complexity index is 591. The van der Waals surface area contributed by atoms with Crippen LogP contribution in [0.2, 0.25) is 0 Å². The molecule has 1 heterocycles. The third-order valence-electron chi connectivity index (χ3n) is 5.05. The molecule has 1 fully saturated rings. The van der Waals surface area contributed by atoms with Crippen molar-refractivity contribution in [1.82, 2.24) is 10.2 Å². The molecule has 1 atom stereocenters. The third-order valence-corrected chi connectivity index (χ3v) is 5.05. The van der Waals surface area contributed by atoms with Crippen LogP contribution in [0.15, 0.2) is 24.3 Å². The molecule has 0 bridgehead atoms. The van der Waals surface area contributed by atoms with Gasteiger partial charge in [-0.05, 0) is 43.5 Å². The zero-order valence-corrected chi connectivity index (χ0v) is 12.8.